The highest BCUT2D eigenvalue weighted by Crippen LogP contribution is 2.54. The second kappa shape index (κ2) is 17.4. The van der Waals surface area contributed by atoms with Gasteiger partial charge < -0.3 is 15.7 Å². The topological polar surface area (TPSA) is 102 Å². The van der Waals surface area contributed by atoms with Crippen molar-refractivity contribution < 1.29 is 32.7 Å². The van der Waals surface area contributed by atoms with Crippen molar-refractivity contribution in [2.45, 2.75) is 158 Å². The summed E-state index contributed by atoms with van der Waals surface area (Å²) < 4.78 is 31.7. The lowest BCUT2D eigenvalue weighted by molar-refractivity contribution is -0.192. The van der Waals surface area contributed by atoms with Crippen LogP contribution in [-0.4, -0.2) is 64.0 Å². The molecule has 3 saturated carbocycles. The first kappa shape index (κ1) is 40.3. The monoisotopic (exact) mass is 790 g/mol. The van der Waals surface area contributed by atoms with E-state index in [0.717, 1.165) is 63.2 Å². The third kappa shape index (κ3) is 8.80. The van der Waals surface area contributed by atoms with E-state index in [9.17, 15) is 22.8 Å². The van der Waals surface area contributed by atoms with E-state index < -0.39 is 12.1 Å². The smallest absolute Gasteiger partial charge is 0.475 e. The van der Waals surface area contributed by atoms with Crippen LogP contribution in [0.4, 0.5) is 13.2 Å². The summed E-state index contributed by atoms with van der Waals surface area (Å²) in [6.07, 6.45) is 15.8. The molecule has 0 radical (unpaired) electrons. The van der Waals surface area contributed by atoms with E-state index in [2.05, 4.69) is 69.0 Å². The van der Waals surface area contributed by atoms with Crippen molar-refractivity contribution in [2.24, 2.45) is 23.7 Å². The number of rotatable bonds is 10. The van der Waals surface area contributed by atoms with Crippen molar-refractivity contribution in [2.75, 3.05) is 13.1 Å². The van der Waals surface area contributed by atoms with Crippen molar-refractivity contribution in [3.8, 4) is 0 Å². The van der Waals surface area contributed by atoms with Crippen molar-refractivity contribution in [1.29, 1.82) is 0 Å². The van der Waals surface area contributed by atoms with Gasteiger partial charge in [0.15, 0.2) is 0 Å². The Bertz CT molecular complexity index is 1560. The molecule has 3 aliphatic carbocycles. The third-order valence-electron chi connectivity index (χ3n) is 15.1. The van der Waals surface area contributed by atoms with Crippen LogP contribution < -0.4 is 10.6 Å². The van der Waals surface area contributed by atoms with Crippen LogP contribution in [-0.2, 0) is 14.4 Å². The Balaban J connectivity index is 0.000000598. The van der Waals surface area contributed by atoms with Crippen LogP contribution in [0, 0.1) is 23.7 Å². The van der Waals surface area contributed by atoms with Crippen molar-refractivity contribution in [3.05, 3.63) is 70.8 Å². The molecule has 9 rings (SSSR count). The van der Waals surface area contributed by atoms with Crippen LogP contribution in [0.25, 0.3) is 0 Å². The molecule has 2 unspecified atom stereocenters. The average molecular weight is 791 g/mol. The SMILES string of the molecule is O=C(NC1CCC(CCN2[C@@H]3CC[C@H]2c2ccccc23)CC1)C1CCCCC1C(=O)NC1CCC(CCN2[C@@H]3CC[C@H]2c2ccccc23)CC1.O=C(O)C(F)(F)F. The molecule has 5 fully saturated rings. The number of hydrogen-bond acceptors (Lipinski definition) is 5. The lowest BCUT2D eigenvalue weighted by Crippen LogP contribution is -2.49. The van der Waals surface area contributed by atoms with E-state index in [-0.39, 0.29) is 35.7 Å². The number of carboxylic acid groups (broad SMARTS) is 1. The number of halogens is 3. The summed E-state index contributed by atoms with van der Waals surface area (Å²) in [7, 11) is 0. The van der Waals surface area contributed by atoms with Gasteiger partial charge in [0.25, 0.3) is 0 Å². The molecule has 2 saturated heterocycles. The highest BCUT2D eigenvalue weighted by molar-refractivity contribution is 5.88. The Hall–Kier alpha value is -3.44. The summed E-state index contributed by atoms with van der Waals surface area (Å²) >= 11 is 0. The molecule has 4 aliphatic heterocycles. The van der Waals surface area contributed by atoms with Gasteiger partial charge in [0.2, 0.25) is 11.8 Å². The maximum Gasteiger partial charge on any atom is 0.490 e. The molecule has 0 aromatic heterocycles. The molecule has 7 aliphatic rings. The van der Waals surface area contributed by atoms with Gasteiger partial charge in [-0.1, -0.05) is 61.4 Å². The van der Waals surface area contributed by atoms with Gasteiger partial charge >= 0.3 is 12.1 Å². The fraction of sp³-hybridized carbons (Fsp3) is 0.674. The van der Waals surface area contributed by atoms with Crippen LogP contribution in [0.2, 0.25) is 0 Å². The predicted octanol–water partition coefficient (Wildman–Crippen LogP) is 9.34. The van der Waals surface area contributed by atoms with Gasteiger partial charge in [-0.05, 0) is 150 Å². The zero-order chi connectivity index (χ0) is 39.7. The fourth-order valence-electron chi connectivity index (χ4n) is 12.2. The summed E-state index contributed by atoms with van der Waals surface area (Å²) in [5.41, 5.74) is 6.33. The molecule has 2 aromatic rings. The summed E-state index contributed by atoms with van der Waals surface area (Å²) in [5.74, 6) is -1.24. The Morgan fingerprint density at radius 3 is 1.16 bits per heavy atom. The zero-order valence-corrected chi connectivity index (χ0v) is 33.2. The van der Waals surface area contributed by atoms with Crippen LogP contribution in [0.15, 0.2) is 48.5 Å². The van der Waals surface area contributed by atoms with Gasteiger partial charge in [-0.15, -0.1) is 0 Å². The average Bonchev–Trinajstić information content (AvgIpc) is 3.98. The number of aliphatic carboxylic acids is 1. The molecule has 11 heteroatoms. The second-order valence-electron chi connectivity index (χ2n) is 18.3. The highest BCUT2D eigenvalue weighted by atomic mass is 19.4. The maximum absolute atomic E-state index is 13.7. The van der Waals surface area contributed by atoms with E-state index in [1.807, 2.05) is 0 Å². The number of amides is 2. The lowest BCUT2D eigenvalue weighted by atomic mass is 9.77. The number of nitrogens with one attached hydrogen (secondary N) is 2. The molecule has 4 bridgehead atoms. The number of carbonyl (C=O) groups is 3. The van der Waals surface area contributed by atoms with E-state index >= 15 is 0 Å². The first-order valence-electron chi connectivity index (χ1n) is 22.1. The molecule has 2 aromatic carbocycles. The molecule has 3 N–H and O–H groups in total. The molecule has 0 spiro atoms. The Morgan fingerprint density at radius 2 is 0.860 bits per heavy atom. The summed E-state index contributed by atoms with van der Waals surface area (Å²) in [4.78, 5) is 41.8. The Morgan fingerprint density at radius 1 is 0.544 bits per heavy atom. The number of benzene rings is 2. The van der Waals surface area contributed by atoms with E-state index in [1.54, 1.807) is 22.3 Å². The van der Waals surface area contributed by atoms with Gasteiger partial charge in [0.1, 0.15) is 0 Å². The van der Waals surface area contributed by atoms with Gasteiger partial charge in [0, 0.05) is 48.1 Å². The highest BCUT2D eigenvalue weighted by Gasteiger charge is 2.45. The maximum atomic E-state index is 13.7. The normalized spacial score (nSPS) is 33.2. The Labute approximate surface area is 335 Å². The second-order valence-corrected chi connectivity index (χ2v) is 18.3. The third-order valence-corrected chi connectivity index (χ3v) is 15.1. The minimum absolute atomic E-state index is 0.154. The Kier molecular flexibility index (Phi) is 12.3. The molecule has 8 nitrogen and oxygen atoms in total. The standard InChI is InChI=1S/C44H60N4O2.C2HF3O2/c49-43(45-31-17-13-29(14-18-31)25-27-47-39-21-22-40(47)34-8-2-1-7-33(34)39)37-11-5-6-12-38(37)44(50)46-32-19-15-30(16-20-32)26-28-48-41-23-24-42(48)36-10-4-3-9-35(36)41;3-2(4,5)1(6)7/h1-4,7-10,29-32,37-42H,5-6,11-28H2,(H,45,49)(H,46,50);(H,6,7)/t29?,30?,31?,32?,37?,38?,39-,40+,41-,42+;. The first-order chi connectivity index (χ1) is 27.5. The summed E-state index contributed by atoms with van der Waals surface area (Å²) in [6.45, 7) is 2.42. The van der Waals surface area contributed by atoms with Crippen molar-refractivity contribution >= 4 is 17.8 Å². The van der Waals surface area contributed by atoms with Gasteiger partial charge in [-0.3, -0.25) is 19.4 Å². The van der Waals surface area contributed by atoms with Crippen LogP contribution in [0.3, 0.4) is 0 Å². The van der Waals surface area contributed by atoms with Crippen LogP contribution in [0.1, 0.15) is 162 Å². The van der Waals surface area contributed by atoms with E-state index in [1.165, 1.54) is 77.3 Å². The number of hydrogen-bond donors (Lipinski definition) is 3. The fourth-order valence-corrected chi connectivity index (χ4v) is 12.2. The number of carboxylic acids is 1. The van der Waals surface area contributed by atoms with Gasteiger partial charge in [-0.2, -0.15) is 13.2 Å². The molecular formula is C46H61F3N4O4. The lowest BCUT2D eigenvalue weighted by Gasteiger charge is -2.35. The molecule has 6 atom stereocenters. The molecule has 57 heavy (non-hydrogen) atoms. The van der Waals surface area contributed by atoms with Crippen molar-refractivity contribution in [1.82, 2.24) is 20.4 Å². The molecule has 4 heterocycles. The van der Waals surface area contributed by atoms with Crippen molar-refractivity contribution in [3.63, 3.8) is 0 Å². The molecule has 2 amide bonds. The van der Waals surface area contributed by atoms with E-state index in [0.29, 0.717) is 24.2 Å². The van der Waals surface area contributed by atoms with Crippen LogP contribution >= 0.6 is 0 Å². The van der Waals surface area contributed by atoms with E-state index in [4.69, 9.17) is 9.90 Å². The quantitative estimate of drug-likeness (QED) is 0.222. The molecular weight excluding hydrogens is 730 g/mol. The molecule has 310 valence electrons. The number of alkyl halides is 3. The minimum atomic E-state index is -5.08. The number of carbonyl (C=O) groups excluding carboxylic acids is 2. The van der Waals surface area contributed by atoms with Gasteiger partial charge in [0.05, 0.1) is 0 Å². The number of nitrogens with zero attached hydrogens (tertiary/aromatic N) is 2. The summed E-state index contributed by atoms with van der Waals surface area (Å²) in [6, 6.07) is 21.3. The predicted molar refractivity (Wildman–Crippen MR) is 212 cm³/mol. The van der Waals surface area contributed by atoms with Gasteiger partial charge in [-0.25, -0.2) is 4.79 Å². The largest absolute Gasteiger partial charge is 0.490 e. The minimum Gasteiger partial charge on any atom is -0.475 e. The zero-order valence-electron chi connectivity index (χ0n) is 33.2. The van der Waals surface area contributed by atoms with Crippen LogP contribution in [0.5, 0.6) is 0 Å². The summed E-state index contributed by atoms with van der Waals surface area (Å²) in [5, 5.41) is 14.0. The first-order valence-corrected chi connectivity index (χ1v) is 22.1. The number of fused-ring (bicyclic) bond motifs is 10.